The molecule has 1 aliphatic rings. The smallest absolute Gasteiger partial charge is 1.00 e. The largest absolute Gasteiger partial charge is 1.00 e. The summed E-state index contributed by atoms with van der Waals surface area (Å²) in [4.78, 5) is 23.7. The summed E-state index contributed by atoms with van der Waals surface area (Å²) >= 11 is 0. The summed E-state index contributed by atoms with van der Waals surface area (Å²) in [6, 6.07) is 0. The molecule has 1 fully saturated rings. The van der Waals surface area contributed by atoms with Crippen molar-refractivity contribution in [2.45, 2.75) is 0 Å². The first-order chi connectivity index (χ1) is 2.47. The van der Waals surface area contributed by atoms with E-state index < -0.39 is 7.74 Å². The van der Waals surface area contributed by atoms with Gasteiger partial charge in [-0.3, -0.25) is 0 Å². The van der Waals surface area contributed by atoms with Gasteiger partial charge in [-0.05, 0) is 0 Å². The van der Waals surface area contributed by atoms with Crippen molar-refractivity contribution in [1.29, 1.82) is 0 Å². The van der Waals surface area contributed by atoms with Gasteiger partial charge in [-0.1, -0.05) is 0 Å². The molecule has 0 aromatic heterocycles. The molecule has 1 saturated heterocycles. The molecule has 0 unspecified atom stereocenters. The predicted molar refractivity (Wildman–Crippen MR) is 18.0 cm³/mol. The summed E-state index contributed by atoms with van der Waals surface area (Å²) in [5, 5.41) is 0. The molecule has 0 aliphatic carbocycles. The predicted octanol–water partition coefficient (Wildman–Crippen LogP) is -6.71. The van der Waals surface area contributed by atoms with Gasteiger partial charge in [-0.2, -0.15) is 0 Å². The van der Waals surface area contributed by atoms with Gasteiger partial charge in [0, 0.05) is 0 Å². The Morgan fingerprint density at radius 3 is 1.25 bits per heavy atom. The molecule has 1 heterocycles. The van der Waals surface area contributed by atoms with Crippen LogP contribution in [0.5, 0.6) is 0 Å². The van der Waals surface area contributed by atoms with E-state index in [2.05, 4.69) is 9.35 Å². The molecular weight excluding hydrogens is 173 g/mol. The van der Waals surface area contributed by atoms with Crippen molar-refractivity contribution < 1.29 is 108 Å². The molecule has 8 heavy (non-hydrogen) atoms. The van der Waals surface area contributed by atoms with E-state index >= 15 is 0 Å². The zero-order chi connectivity index (χ0) is 4.86. The first-order valence-electron chi connectivity index (χ1n) is 1.13. The van der Waals surface area contributed by atoms with Gasteiger partial charge < -0.3 is 2.85 Å². The molecule has 8 heteroatoms. The second-order valence-corrected chi connectivity index (χ2v) is 2.95. The van der Waals surface area contributed by atoms with E-state index in [1.807, 2.05) is 0 Å². The summed E-state index contributed by atoms with van der Waals surface area (Å²) in [7, 11) is -4.80. The van der Waals surface area contributed by atoms with Crippen LogP contribution in [0.3, 0.4) is 0 Å². The molecule has 0 spiro atoms. The Kier molecular flexibility index (Phi) is 5.90. The third-order valence-electron chi connectivity index (χ3n) is 0.275. The van der Waals surface area contributed by atoms with E-state index in [0.29, 0.717) is 0 Å². The van der Waals surface area contributed by atoms with Gasteiger partial charge in [-0.25, -0.2) is 0 Å². The Morgan fingerprint density at radius 2 is 1.25 bits per heavy atom. The van der Waals surface area contributed by atoms with Crippen molar-refractivity contribution in [3.8, 4) is 0 Å². The van der Waals surface area contributed by atoms with Gasteiger partial charge in [0.05, 0.1) is 0 Å². The van der Waals surface area contributed by atoms with Gasteiger partial charge in [0.1, 0.15) is 0 Å². The van der Waals surface area contributed by atoms with Crippen molar-refractivity contribution in [2.24, 2.45) is 0 Å². The summed E-state index contributed by atoms with van der Waals surface area (Å²) in [5.41, 5.74) is 0. The van der Waals surface area contributed by atoms with E-state index in [1.54, 1.807) is 0 Å². The molecule has 1 rings (SSSR count). The van der Waals surface area contributed by atoms with Crippen LogP contribution in [-0.4, -0.2) is 14.7 Å². The van der Waals surface area contributed by atoms with Crippen LogP contribution in [0.2, 0.25) is 0 Å². The van der Waals surface area contributed by atoms with Crippen LogP contribution >= 0.6 is 7.74 Å². The standard InChI is InChI=1S/K.Na.H3O5P.2H/c;;1-6(2,3)4-5-6;;/h;;1-3H;;/q2*+1;;2*-1. The first-order valence-corrected chi connectivity index (χ1v) is 3.06. The molecule has 0 radical (unpaired) electrons. The fraction of sp³-hybridized carbons (Fsp3) is 0. The minimum atomic E-state index is -4.80. The Balaban J connectivity index is -0.0000000450. The fourth-order valence-corrected chi connectivity index (χ4v) is 0.402. The van der Waals surface area contributed by atoms with E-state index in [0.717, 1.165) is 0 Å². The van der Waals surface area contributed by atoms with E-state index in [4.69, 9.17) is 14.7 Å². The molecule has 5 nitrogen and oxygen atoms in total. The molecule has 0 bridgehead atoms. The van der Waals surface area contributed by atoms with E-state index in [-0.39, 0.29) is 83.8 Å². The monoisotopic (exact) mass is 178 g/mol. The minimum Gasteiger partial charge on any atom is -1.00 e. The van der Waals surface area contributed by atoms with E-state index in [9.17, 15) is 0 Å². The van der Waals surface area contributed by atoms with Crippen LogP contribution in [0.4, 0.5) is 0 Å². The molecule has 42 valence electrons. The van der Waals surface area contributed by atoms with Crippen LogP contribution in [-0.2, 0) is 9.35 Å². The van der Waals surface area contributed by atoms with Gasteiger partial charge in [0.25, 0.3) is 0 Å². The molecule has 0 amide bonds. The minimum absolute atomic E-state index is 0. The van der Waals surface area contributed by atoms with Gasteiger partial charge in [0.2, 0.25) is 0 Å². The third-order valence-corrected chi connectivity index (χ3v) is 0.824. The third kappa shape index (κ3) is 5.64. The molecule has 1 aliphatic heterocycles. The zero-order valence-corrected chi connectivity index (χ0v) is 10.6. The summed E-state index contributed by atoms with van der Waals surface area (Å²) in [5.74, 6) is 0. The molecule has 3 N–H and O–H groups in total. The summed E-state index contributed by atoms with van der Waals surface area (Å²) in [6.07, 6.45) is 0. The van der Waals surface area contributed by atoms with Crippen molar-refractivity contribution in [1.82, 2.24) is 0 Å². The summed E-state index contributed by atoms with van der Waals surface area (Å²) < 4.78 is 6.76. The first kappa shape index (κ1) is 13.5. The van der Waals surface area contributed by atoms with Crippen molar-refractivity contribution in [3.05, 3.63) is 0 Å². The normalized spacial score (nSPS) is 32.1. The Bertz CT molecular complexity index is 83.4. The maximum absolute atomic E-state index is 7.89. The number of rotatable bonds is 0. The molecule has 0 saturated carbocycles. The second-order valence-electron chi connectivity index (χ2n) is 0.982. The van der Waals surface area contributed by atoms with Crippen LogP contribution in [0.15, 0.2) is 0 Å². The Morgan fingerprint density at radius 1 is 1.12 bits per heavy atom. The second kappa shape index (κ2) is 3.51. The zero-order valence-electron chi connectivity index (χ0n) is 6.61. The van der Waals surface area contributed by atoms with Gasteiger partial charge in [0.15, 0.2) is 0 Å². The number of hydrogen-bond donors (Lipinski definition) is 3. The van der Waals surface area contributed by atoms with Gasteiger partial charge >= 0.3 is 113 Å². The molecule has 0 aromatic carbocycles. The number of hydrogen-bond acceptors (Lipinski definition) is 5. The average Bonchev–Trinajstić information content (AvgIpc) is 1.73. The van der Waals surface area contributed by atoms with Crippen molar-refractivity contribution in [3.63, 3.8) is 0 Å². The van der Waals surface area contributed by atoms with Crippen molar-refractivity contribution >= 4 is 7.74 Å². The fourth-order valence-electron chi connectivity index (χ4n) is 0.0447. The molecule has 0 atom stereocenters. The Hall–Kier alpha value is 2.87. The quantitative estimate of drug-likeness (QED) is 0.148. The van der Waals surface area contributed by atoms with E-state index in [1.165, 1.54) is 0 Å². The van der Waals surface area contributed by atoms with Crippen LogP contribution < -0.4 is 80.9 Å². The SMILES string of the molecule is OP1(O)(O)OO1.[H-].[H-].[K+].[Na+]. The van der Waals surface area contributed by atoms with Gasteiger partial charge in [-0.15, -0.1) is 0 Å². The Labute approximate surface area is 113 Å². The molecule has 0 aromatic rings. The summed E-state index contributed by atoms with van der Waals surface area (Å²) in [6.45, 7) is 0. The van der Waals surface area contributed by atoms with Crippen LogP contribution in [0.25, 0.3) is 0 Å². The van der Waals surface area contributed by atoms with Crippen LogP contribution in [0.1, 0.15) is 2.85 Å². The maximum Gasteiger partial charge on any atom is 1.00 e. The topological polar surface area (TPSA) is 85.8 Å². The maximum atomic E-state index is 7.89. The van der Waals surface area contributed by atoms with Crippen molar-refractivity contribution in [2.75, 3.05) is 0 Å². The van der Waals surface area contributed by atoms with Crippen LogP contribution in [0, 0.1) is 0 Å². The molecular formula is H5KNaO5P. The average molecular weight is 178 g/mol.